The first kappa shape index (κ1) is 16.4. The normalized spacial score (nSPS) is 13.2. The summed E-state index contributed by atoms with van der Waals surface area (Å²) in [6, 6.07) is 5.85. The Morgan fingerprint density at radius 1 is 1.40 bits per heavy atom. The van der Waals surface area contributed by atoms with E-state index in [2.05, 4.69) is 10.1 Å². The molecule has 0 spiro atoms. The number of hydrogen-bond acceptors (Lipinski definition) is 4. The van der Waals surface area contributed by atoms with Gasteiger partial charge in [-0.3, -0.25) is 10.1 Å². The fourth-order valence-corrected chi connectivity index (χ4v) is 1.67. The molecule has 0 fully saturated rings. The van der Waals surface area contributed by atoms with E-state index in [0.29, 0.717) is 5.56 Å². The van der Waals surface area contributed by atoms with Gasteiger partial charge in [0.15, 0.2) is 0 Å². The maximum absolute atomic E-state index is 11.8. The highest BCUT2D eigenvalue weighted by molar-refractivity contribution is 5.41. The molecule has 1 atom stereocenters. The molecule has 0 saturated carbocycles. The Morgan fingerprint density at radius 3 is 2.65 bits per heavy atom. The zero-order valence-corrected chi connectivity index (χ0v) is 10.8. The number of nitrogens with zero attached hydrogens (tertiary/aromatic N) is 1. The van der Waals surface area contributed by atoms with Crippen LogP contribution in [0.15, 0.2) is 24.3 Å². The highest BCUT2D eigenvalue weighted by Gasteiger charge is 2.27. The maximum Gasteiger partial charge on any atom is 0.411 e. The van der Waals surface area contributed by atoms with Crippen molar-refractivity contribution >= 4 is 5.69 Å². The Balaban J connectivity index is 2.44. The second-order valence-corrected chi connectivity index (χ2v) is 4.16. The van der Waals surface area contributed by atoms with E-state index in [-0.39, 0.29) is 24.9 Å². The van der Waals surface area contributed by atoms with Crippen LogP contribution in [-0.2, 0) is 4.74 Å². The number of hydrogen-bond donors (Lipinski definition) is 1. The molecule has 1 aromatic carbocycles. The average Bonchev–Trinajstić information content (AvgIpc) is 2.36. The van der Waals surface area contributed by atoms with Gasteiger partial charge in [-0.25, -0.2) is 0 Å². The molecule has 0 bridgehead atoms. The van der Waals surface area contributed by atoms with Crippen LogP contribution in [0.3, 0.4) is 0 Å². The van der Waals surface area contributed by atoms with Gasteiger partial charge in [-0.2, -0.15) is 13.2 Å². The van der Waals surface area contributed by atoms with Gasteiger partial charge in [0.1, 0.15) is 6.61 Å². The summed E-state index contributed by atoms with van der Waals surface area (Å²) in [5, 5.41) is 13.7. The van der Waals surface area contributed by atoms with Crippen LogP contribution in [0.1, 0.15) is 18.5 Å². The Bertz CT molecular complexity index is 452. The van der Waals surface area contributed by atoms with Gasteiger partial charge in [-0.15, -0.1) is 0 Å². The van der Waals surface area contributed by atoms with Gasteiger partial charge in [0.25, 0.3) is 5.69 Å². The monoisotopic (exact) mass is 292 g/mol. The second kappa shape index (κ2) is 7.20. The lowest BCUT2D eigenvalue weighted by Crippen LogP contribution is -2.26. The highest BCUT2D eigenvalue weighted by atomic mass is 19.4. The van der Waals surface area contributed by atoms with Crippen molar-refractivity contribution in [3.05, 3.63) is 39.9 Å². The van der Waals surface area contributed by atoms with Crippen LogP contribution >= 0.6 is 0 Å². The van der Waals surface area contributed by atoms with E-state index in [4.69, 9.17) is 0 Å². The Morgan fingerprint density at radius 2 is 2.05 bits per heavy atom. The zero-order valence-electron chi connectivity index (χ0n) is 10.8. The average molecular weight is 292 g/mol. The molecule has 112 valence electrons. The van der Waals surface area contributed by atoms with Gasteiger partial charge >= 0.3 is 6.18 Å². The number of para-hydroxylation sites is 1. The smallest absolute Gasteiger partial charge is 0.371 e. The molecular formula is C12H15F3N2O3. The first-order valence-electron chi connectivity index (χ1n) is 5.92. The lowest BCUT2D eigenvalue weighted by atomic mass is 10.1. The maximum atomic E-state index is 11.8. The molecule has 0 aliphatic rings. The number of ether oxygens (including phenoxy) is 1. The third-order valence-corrected chi connectivity index (χ3v) is 2.56. The minimum absolute atomic E-state index is 0.0243. The minimum Gasteiger partial charge on any atom is -0.371 e. The number of rotatable bonds is 7. The molecule has 0 saturated heterocycles. The largest absolute Gasteiger partial charge is 0.411 e. The highest BCUT2D eigenvalue weighted by Crippen LogP contribution is 2.24. The van der Waals surface area contributed by atoms with E-state index in [1.807, 2.05) is 0 Å². The molecule has 0 aromatic heterocycles. The molecule has 0 radical (unpaired) electrons. The van der Waals surface area contributed by atoms with E-state index in [0.717, 1.165) is 0 Å². The lowest BCUT2D eigenvalue weighted by molar-refractivity contribution is -0.385. The van der Waals surface area contributed by atoms with Crippen LogP contribution in [0.2, 0.25) is 0 Å². The van der Waals surface area contributed by atoms with Gasteiger partial charge in [0, 0.05) is 24.2 Å². The van der Waals surface area contributed by atoms with E-state index in [1.54, 1.807) is 25.1 Å². The molecule has 1 rings (SSSR count). The SMILES string of the molecule is CC(NCCOCC(F)(F)F)c1ccccc1[N+](=O)[O-]. The Hall–Kier alpha value is -1.67. The molecule has 20 heavy (non-hydrogen) atoms. The van der Waals surface area contributed by atoms with Crippen molar-refractivity contribution in [1.82, 2.24) is 5.32 Å². The van der Waals surface area contributed by atoms with E-state index >= 15 is 0 Å². The molecule has 5 nitrogen and oxygen atoms in total. The summed E-state index contributed by atoms with van der Waals surface area (Å²) in [5.74, 6) is 0. The van der Waals surface area contributed by atoms with Crippen LogP contribution in [0.25, 0.3) is 0 Å². The summed E-state index contributed by atoms with van der Waals surface area (Å²) < 4.78 is 39.9. The van der Waals surface area contributed by atoms with Crippen molar-refractivity contribution in [2.75, 3.05) is 19.8 Å². The van der Waals surface area contributed by atoms with E-state index in [9.17, 15) is 23.3 Å². The van der Waals surface area contributed by atoms with Gasteiger partial charge in [0.05, 0.1) is 11.5 Å². The lowest BCUT2D eigenvalue weighted by Gasteiger charge is -2.14. The Kier molecular flexibility index (Phi) is 5.90. The molecule has 0 aliphatic carbocycles. The van der Waals surface area contributed by atoms with Crippen molar-refractivity contribution < 1.29 is 22.8 Å². The van der Waals surface area contributed by atoms with Crippen molar-refractivity contribution in [1.29, 1.82) is 0 Å². The topological polar surface area (TPSA) is 64.4 Å². The van der Waals surface area contributed by atoms with Crippen LogP contribution in [0, 0.1) is 10.1 Å². The third-order valence-electron chi connectivity index (χ3n) is 2.56. The predicted molar refractivity (Wildman–Crippen MR) is 66.4 cm³/mol. The number of nitro benzene ring substituents is 1. The van der Waals surface area contributed by atoms with Crippen LogP contribution in [-0.4, -0.2) is 30.9 Å². The number of benzene rings is 1. The fourth-order valence-electron chi connectivity index (χ4n) is 1.67. The first-order valence-corrected chi connectivity index (χ1v) is 5.92. The van der Waals surface area contributed by atoms with Crippen molar-refractivity contribution in [3.8, 4) is 0 Å². The summed E-state index contributed by atoms with van der Waals surface area (Å²) in [4.78, 5) is 10.3. The van der Waals surface area contributed by atoms with Crippen molar-refractivity contribution in [2.24, 2.45) is 0 Å². The van der Waals surface area contributed by atoms with E-state index < -0.39 is 17.7 Å². The molecule has 0 heterocycles. The molecular weight excluding hydrogens is 277 g/mol. The summed E-state index contributed by atoms with van der Waals surface area (Å²) in [5.41, 5.74) is 0.456. The van der Waals surface area contributed by atoms with Gasteiger partial charge in [-0.1, -0.05) is 18.2 Å². The summed E-state index contributed by atoms with van der Waals surface area (Å²) in [6.45, 7) is 0.453. The molecule has 0 aliphatic heterocycles. The van der Waals surface area contributed by atoms with Crippen molar-refractivity contribution in [3.63, 3.8) is 0 Å². The first-order chi connectivity index (χ1) is 9.31. The molecule has 1 N–H and O–H groups in total. The van der Waals surface area contributed by atoms with Crippen LogP contribution < -0.4 is 5.32 Å². The van der Waals surface area contributed by atoms with Crippen LogP contribution in [0.5, 0.6) is 0 Å². The predicted octanol–water partition coefficient (Wildman–Crippen LogP) is 2.82. The zero-order chi connectivity index (χ0) is 15.2. The van der Waals surface area contributed by atoms with Gasteiger partial charge < -0.3 is 10.1 Å². The number of nitro groups is 1. The molecule has 1 aromatic rings. The van der Waals surface area contributed by atoms with Gasteiger partial charge in [-0.05, 0) is 6.92 Å². The second-order valence-electron chi connectivity index (χ2n) is 4.16. The number of nitrogens with one attached hydrogen (secondary N) is 1. The number of halogens is 3. The standard InChI is InChI=1S/C12H15F3N2O3/c1-9(16-6-7-20-8-12(13,14)15)10-4-2-3-5-11(10)17(18)19/h2-5,9,16H,6-8H2,1H3. The summed E-state index contributed by atoms with van der Waals surface area (Å²) in [7, 11) is 0. The molecule has 8 heteroatoms. The van der Waals surface area contributed by atoms with Crippen molar-refractivity contribution in [2.45, 2.75) is 19.1 Å². The molecule has 1 unspecified atom stereocenters. The molecule has 0 amide bonds. The Labute approximate surface area is 113 Å². The van der Waals surface area contributed by atoms with Gasteiger partial charge in [0.2, 0.25) is 0 Å². The number of alkyl halides is 3. The third kappa shape index (κ3) is 5.54. The summed E-state index contributed by atoms with van der Waals surface area (Å²) in [6.07, 6.45) is -4.34. The van der Waals surface area contributed by atoms with Crippen LogP contribution in [0.4, 0.5) is 18.9 Å². The fraction of sp³-hybridized carbons (Fsp3) is 0.500. The summed E-state index contributed by atoms with van der Waals surface area (Å²) >= 11 is 0. The van der Waals surface area contributed by atoms with E-state index in [1.165, 1.54) is 6.07 Å². The minimum atomic E-state index is -4.34. The quantitative estimate of drug-likeness (QED) is 0.477.